The van der Waals surface area contributed by atoms with Crippen molar-refractivity contribution in [2.45, 2.75) is 12.8 Å². The summed E-state index contributed by atoms with van der Waals surface area (Å²) in [6.45, 7) is 0.251. The van der Waals surface area contributed by atoms with Gasteiger partial charge in [0.25, 0.3) is 5.91 Å². The third-order valence-electron chi connectivity index (χ3n) is 2.40. The van der Waals surface area contributed by atoms with Crippen molar-refractivity contribution in [2.75, 3.05) is 6.54 Å². The molecule has 16 heavy (non-hydrogen) atoms. The number of likely N-dealkylation sites (tertiary alicyclic amines) is 1. The number of hydrogen-bond acceptors (Lipinski definition) is 3. The summed E-state index contributed by atoms with van der Waals surface area (Å²) in [6, 6.07) is 1.06. The van der Waals surface area contributed by atoms with Crippen LogP contribution in [0.25, 0.3) is 0 Å². The van der Waals surface area contributed by atoms with Gasteiger partial charge in [0, 0.05) is 19.2 Å². The van der Waals surface area contributed by atoms with Crippen LogP contribution in [-0.4, -0.2) is 28.2 Å². The van der Waals surface area contributed by atoms with E-state index in [1.807, 2.05) is 0 Å². The van der Waals surface area contributed by atoms with Gasteiger partial charge in [0.2, 0.25) is 11.9 Å². The largest absolute Gasteiger partial charge is 0.278 e. The highest BCUT2D eigenvalue weighted by molar-refractivity contribution is 6.05. The molecule has 0 aromatic carbocycles. The molecule has 1 aromatic heterocycles. The summed E-state index contributed by atoms with van der Waals surface area (Å²) in [5.74, 6) is -3.81. The van der Waals surface area contributed by atoms with E-state index < -0.39 is 23.2 Å². The molecule has 1 fully saturated rings. The maximum Gasteiger partial charge on any atom is 0.263 e. The van der Waals surface area contributed by atoms with Crippen LogP contribution in [0.4, 0.5) is 8.78 Å². The Balaban J connectivity index is 2.34. The lowest BCUT2D eigenvalue weighted by Gasteiger charge is -2.13. The third-order valence-corrected chi connectivity index (χ3v) is 2.40. The number of nitrogens with zero attached hydrogens (tertiary/aromatic N) is 2. The fourth-order valence-corrected chi connectivity index (χ4v) is 1.59. The topological polar surface area (TPSA) is 50.3 Å². The zero-order chi connectivity index (χ0) is 11.7. The van der Waals surface area contributed by atoms with Gasteiger partial charge in [0.15, 0.2) is 5.82 Å². The molecule has 1 aliphatic rings. The lowest BCUT2D eigenvalue weighted by atomic mass is 10.2. The van der Waals surface area contributed by atoms with Crippen LogP contribution in [0.3, 0.4) is 0 Å². The van der Waals surface area contributed by atoms with Crippen molar-refractivity contribution in [2.24, 2.45) is 0 Å². The first-order valence-corrected chi connectivity index (χ1v) is 4.76. The molecule has 84 valence electrons. The van der Waals surface area contributed by atoms with Gasteiger partial charge in [-0.25, -0.2) is 9.37 Å². The minimum atomic E-state index is -1.34. The predicted molar refractivity (Wildman–Crippen MR) is 49.4 cm³/mol. The average molecular weight is 226 g/mol. The van der Waals surface area contributed by atoms with E-state index in [-0.39, 0.29) is 18.9 Å². The van der Waals surface area contributed by atoms with Gasteiger partial charge >= 0.3 is 0 Å². The first-order chi connectivity index (χ1) is 7.61. The second-order valence-electron chi connectivity index (χ2n) is 3.42. The summed E-state index contributed by atoms with van der Waals surface area (Å²) >= 11 is 0. The van der Waals surface area contributed by atoms with E-state index in [9.17, 15) is 18.4 Å². The predicted octanol–water partition coefficient (Wildman–Crippen LogP) is 1.12. The van der Waals surface area contributed by atoms with Crippen molar-refractivity contribution in [3.63, 3.8) is 0 Å². The van der Waals surface area contributed by atoms with E-state index in [1.54, 1.807) is 0 Å². The van der Waals surface area contributed by atoms with Gasteiger partial charge in [0.1, 0.15) is 0 Å². The van der Waals surface area contributed by atoms with Crippen LogP contribution in [0.1, 0.15) is 23.2 Å². The molecule has 1 saturated heterocycles. The van der Waals surface area contributed by atoms with Gasteiger partial charge in [-0.3, -0.25) is 14.5 Å². The van der Waals surface area contributed by atoms with Crippen LogP contribution in [0.5, 0.6) is 0 Å². The van der Waals surface area contributed by atoms with Crippen LogP contribution < -0.4 is 0 Å². The molecule has 0 aliphatic carbocycles. The molecule has 1 aromatic rings. The number of carbonyl (C=O) groups is 2. The molecule has 0 atom stereocenters. The monoisotopic (exact) mass is 226 g/mol. The fourth-order valence-electron chi connectivity index (χ4n) is 1.59. The van der Waals surface area contributed by atoms with Gasteiger partial charge in [-0.05, 0) is 12.5 Å². The van der Waals surface area contributed by atoms with E-state index in [1.165, 1.54) is 0 Å². The van der Waals surface area contributed by atoms with E-state index in [2.05, 4.69) is 4.98 Å². The van der Waals surface area contributed by atoms with Crippen LogP contribution in [-0.2, 0) is 4.79 Å². The summed E-state index contributed by atoms with van der Waals surface area (Å²) in [7, 11) is 0. The normalized spacial score (nSPS) is 15.6. The van der Waals surface area contributed by atoms with Gasteiger partial charge in [0.05, 0.1) is 5.56 Å². The van der Waals surface area contributed by atoms with E-state index >= 15 is 0 Å². The van der Waals surface area contributed by atoms with Gasteiger partial charge < -0.3 is 0 Å². The Bertz CT molecular complexity index is 462. The molecule has 1 aliphatic heterocycles. The SMILES string of the molecule is O=C1CCCN1C(=O)c1ccnc(F)c1F. The summed E-state index contributed by atoms with van der Waals surface area (Å²) in [4.78, 5) is 27.0. The van der Waals surface area contributed by atoms with Gasteiger partial charge in [-0.1, -0.05) is 0 Å². The number of amides is 2. The van der Waals surface area contributed by atoms with Crippen molar-refractivity contribution in [1.29, 1.82) is 0 Å². The molecule has 0 saturated carbocycles. The number of pyridine rings is 1. The van der Waals surface area contributed by atoms with Crippen molar-refractivity contribution < 1.29 is 18.4 Å². The Morgan fingerprint density at radius 1 is 1.44 bits per heavy atom. The van der Waals surface area contributed by atoms with Crippen molar-refractivity contribution in [1.82, 2.24) is 9.88 Å². The average Bonchev–Trinajstić information content (AvgIpc) is 2.68. The summed E-state index contributed by atoms with van der Waals surface area (Å²) in [5.41, 5.74) is -0.456. The summed E-state index contributed by atoms with van der Waals surface area (Å²) < 4.78 is 26.0. The summed E-state index contributed by atoms with van der Waals surface area (Å²) in [6.07, 6.45) is 1.81. The Kier molecular flexibility index (Phi) is 2.64. The number of halogens is 2. The molecule has 2 rings (SSSR count). The first-order valence-electron chi connectivity index (χ1n) is 4.76. The molecule has 6 heteroatoms. The highest BCUT2D eigenvalue weighted by atomic mass is 19.2. The zero-order valence-electron chi connectivity index (χ0n) is 8.24. The fraction of sp³-hybridized carbons (Fsp3) is 0.300. The van der Waals surface area contributed by atoms with Crippen LogP contribution in [0, 0.1) is 11.8 Å². The second kappa shape index (κ2) is 3.96. The van der Waals surface area contributed by atoms with E-state index in [0.717, 1.165) is 17.2 Å². The molecule has 4 nitrogen and oxygen atoms in total. The lowest BCUT2D eigenvalue weighted by Crippen LogP contribution is -2.32. The molecule has 0 N–H and O–H groups in total. The van der Waals surface area contributed by atoms with Crippen LogP contribution in [0.2, 0.25) is 0 Å². The quantitative estimate of drug-likeness (QED) is 0.532. The Labute approximate surface area is 89.9 Å². The van der Waals surface area contributed by atoms with Crippen LogP contribution in [0.15, 0.2) is 12.3 Å². The van der Waals surface area contributed by atoms with Crippen molar-refractivity contribution >= 4 is 11.8 Å². The van der Waals surface area contributed by atoms with Gasteiger partial charge in [-0.15, -0.1) is 0 Å². The standard InChI is InChI=1S/C10H8F2N2O2/c11-8-6(3-4-13-9(8)12)10(16)14-5-1-2-7(14)15/h3-4H,1-2,5H2. The molecule has 0 spiro atoms. The van der Waals surface area contributed by atoms with E-state index in [4.69, 9.17) is 0 Å². The molecular formula is C10H8F2N2O2. The Morgan fingerprint density at radius 3 is 2.81 bits per heavy atom. The number of aromatic nitrogens is 1. The highest BCUT2D eigenvalue weighted by Crippen LogP contribution is 2.17. The number of hydrogen-bond donors (Lipinski definition) is 0. The number of rotatable bonds is 1. The minimum absolute atomic E-state index is 0.251. The molecule has 0 unspecified atom stereocenters. The Morgan fingerprint density at radius 2 is 2.19 bits per heavy atom. The zero-order valence-corrected chi connectivity index (χ0v) is 8.24. The summed E-state index contributed by atoms with van der Waals surface area (Å²) in [5, 5.41) is 0. The number of imide groups is 1. The van der Waals surface area contributed by atoms with Crippen molar-refractivity contribution in [3.8, 4) is 0 Å². The minimum Gasteiger partial charge on any atom is -0.278 e. The smallest absolute Gasteiger partial charge is 0.263 e. The number of carbonyl (C=O) groups excluding carboxylic acids is 2. The molecule has 2 amide bonds. The first kappa shape index (κ1) is 10.7. The molecule has 0 radical (unpaired) electrons. The Hall–Kier alpha value is -1.85. The maximum atomic E-state index is 13.2. The highest BCUT2D eigenvalue weighted by Gasteiger charge is 2.29. The molecular weight excluding hydrogens is 218 g/mol. The lowest BCUT2D eigenvalue weighted by molar-refractivity contribution is -0.125. The second-order valence-corrected chi connectivity index (χ2v) is 3.42. The van der Waals surface area contributed by atoms with Gasteiger partial charge in [-0.2, -0.15) is 4.39 Å². The molecule has 0 bridgehead atoms. The third kappa shape index (κ3) is 1.66. The molecule has 2 heterocycles. The maximum absolute atomic E-state index is 13.2. The van der Waals surface area contributed by atoms with Crippen LogP contribution >= 0.6 is 0 Å². The van der Waals surface area contributed by atoms with E-state index in [0.29, 0.717) is 6.42 Å². The van der Waals surface area contributed by atoms with Crippen molar-refractivity contribution in [3.05, 3.63) is 29.6 Å².